The van der Waals surface area contributed by atoms with Gasteiger partial charge in [-0.2, -0.15) is 0 Å². The number of amides is 1. The summed E-state index contributed by atoms with van der Waals surface area (Å²) in [7, 11) is 0. The Balaban J connectivity index is 1.72. The zero-order valence-electron chi connectivity index (χ0n) is 19.3. The fraction of sp³-hybridized carbons (Fsp3) is 0.375. The number of carbonyl (C=O) groups is 1. The molecule has 1 aromatic heterocycles. The summed E-state index contributed by atoms with van der Waals surface area (Å²) in [4.78, 5) is 12.5. The number of nitrogens with one attached hydrogen (secondary N) is 1. The van der Waals surface area contributed by atoms with Crippen LogP contribution in [0.25, 0.3) is 0 Å². The van der Waals surface area contributed by atoms with Gasteiger partial charge in [-0.25, -0.2) is 4.39 Å². The van der Waals surface area contributed by atoms with Gasteiger partial charge in [-0.3, -0.25) is 4.79 Å². The Kier molecular flexibility index (Phi) is 8.53. The lowest BCUT2D eigenvalue weighted by atomic mass is 10.0. The van der Waals surface area contributed by atoms with E-state index >= 15 is 0 Å². The zero-order valence-corrected chi connectivity index (χ0v) is 21.7. The van der Waals surface area contributed by atoms with Crippen molar-refractivity contribution >= 4 is 39.3 Å². The summed E-state index contributed by atoms with van der Waals surface area (Å²) in [6, 6.07) is 12.2. The van der Waals surface area contributed by atoms with Crippen molar-refractivity contribution in [1.29, 1.82) is 0 Å². The molecule has 1 atom stereocenters. The first kappa shape index (κ1) is 25.2. The van der Waals surface area contributed by atoms with Gasteiger partial charge >= 0.3 is 0 Å². The molecule has 0 radical (unpaired) electrons. The van der Waals surface area contributed by atoms with Crippen LogP contribution >= 0.6 is 27.7 Å². The molecular weight excluding hydrogens is 507 g/mol. The smallest absolute Gasteiger partial charge is 0.234 e. The van der Waals surface area contributed by atoms with Crippen molar-refractivity contribution in [3.63, 3.8) is 0 Å². The molecule has 2 aromatic carbocycles. The van der Waals surface area contributed by atoms with Gasteiger partial charge in [0.1, 0.15) is 11.6 Å². The maximum atomic E-state index is 13.3. The Hall–Kier alpha value is -2.39. The van der Waals surface area contributed by atoms with Crippen molar-refractivity contribution < 1.29 is 13.9 Å². The lowest BCUT2D eigenvalue weighted by Crippen LogP contribution is -2.17. The van der Waals surface area contributed by atoms with E-state index in [-0.39, 0.29) is 29.6 Å². The van der Waals surface area contributed by atoms with E-state index < -0.39 is 0 Å². The average molecular weight is 535 g/mol. The molecule has 33 heavy (non-hydrogen) atoms. The molecule has 3 rings (SSSR count). The van der Waals surface area contributed by atoms with Gasteiger partial charge in [-0.15, -0.1) is 10.2 Å². The summed E-state index contributed by atoms with van der Waals surface area (Å²) in [6.45, 7) is 10.3. The van der Waals surface area contributed by atoms with Crippen LogP contribution in [0.2, 0.25) is 0 Å². The van der Waals surface area contributed by atoms with E-state index in [0.717, 1.165) is 11.3 Å². The summed E-state index contributed by atoms with van der Waals surface area (Å²) >= 11 is 4.56. The first-order valence-electron chi connectivity index (χ1n) is 10.8. The normalized spacial score (nSPS) is 12.3. The number of benzene rings is 2. The fourth-order valence-electron chi connectivity index (χ4n) is 3.36. The van der Waals surface area contributed by atoms with Crippen molar-refractivity contribution in [2.75, 3.05) is 11.1 Å². The van der Waals surface area contributed by atoms with E-state index in [0.29, 0.717) is 27.1 Å². The summed E-state index contributed by atoms with van der Waals surface area (Å²) < 4.78 is 22.0. The van der Waals surface area contributed by atoms with Crippen molar-refractivity contribution in [1.82, 2.24) is 14.8 Å². The van der Waals surface area contributed by atoms with E-state index in [1.54, 1.807) is 0 Å². The maximum absolute atomic E-state index is 13.3. The fourth-order valence-corrected chi connectivity index (χ4v) is 4.69. The highest BCUT2D eigenvalue weighted by atomic mass is 79.9. The third-order valence-electron chi connectivity index (χ3n) is 4.95. The van der Waals surface area contributed by atoms with Gasteiger partial charge < -0.3 is 14.6 Å². The minimum absolute atomic E-state index is 0.0817. The van der Waals surface area contributed by atoms with E-state index in [4.69, 9.17) is 4.74 Å². The molecule has 0 bridgehead atoms. The van der Waals surface area contributed by atoms with Crippen LogP contribution in [0, 0.1) is 5.82 Å². The molecule has 6 nitrogen and oxygen atoms in total. The minimum Gasteiger partial charge on any atom is -0.482 e. The molecule has 1 amide bonds. The number of halogens is 2. The number of hydrogen-bond acceptors (Lipinski definition) is 5. The van der Waals surface area contributed by atoms with Gasteiger partial charge in [0.15, 0.2) is 17.1 Å². The van der Waals surface area contributed by atoms with Gasteiger partial charge in [0.25, 0.3) is 0 Å². The number of anilines is 1. The second-order valence-electron chi connectivity index (χ2n) is 8.22. The van der Waals surface area contributed by atoms with Gasteiger partial charge in [0.05, 0.1) is 11.4 Å². The highest BCUT2D eigenvalue weighted by molar-refractivity contribution is 9.10. The van der Waals surface area contributed by atoms with E-state index in [2.05, 4.69) is 51.4 Å². The lowest BCUT2D eigenvalue weighted by Gasteiger charge is -2.21. The molecule has 1 N–H and O–H groups in total. The molecular formula is C24H28BrFN4O2S. The Morgan fingerprint density at radius 1 is 1.15 bits per heavy atom. The van der Waals surface area contributed by atoms with Crippen molar-refractivity contribution in [2.24, 2.45) is 0 Å². The number of carbonyl (C=O) groups excluding carboxylic acids is 1. The van der Waals surface area contributed by atoms with Crippen molar-refractivity contribution in [2.45, 2.75) is 57.8 Å². The summed E-state index contributed by atoms with van der Waals surface area (Å²) in [5, 5.41) is 12.1. The third-order valence-corrected chi connectivity index (χ3v) is 6.55. The predicted molar refractivity (Wildman–Crippen MR) is 133 cm³/mol. The molecule has 0 saturated heterocycles. The number of nitrogens with zero attached hydrogens (tertiary/aromatic N) is 3. The molecule has 0 saturated carbocycles. The standard InChI is InChI=1S/C24H28BrFN4O2S/c1-14(2)18-8-6-7-9-21(18)32-16(5)23-28-29-24(30(23)15(3)4)33-13-22(31)27-20-11-10-17(26)12-19(20)25/h6-12,14-16H,13H2,1-5H3,(H,27,31). The van der Waals surface area contributed by atoms with Crippen LogP contribution in [0.3, 0.4) is 0 Å². The lowest BCUT2D eigenvalue weighted by molar-refractivity contribution is -0.113. The van der Waals surface area contributed by atoms with Crippen LogP contribution in [-0.2, 0) is 4.79 Å². The molecule has 9 heteroatoms. The predicted octanol–water partition coefficient (Wildman–Crippen LogP) is 6.75. The van der Waals surface area contributed by atoms with Gasteiger partial charge in [0, 0.05) is 10.5 Å². The molecule has 3 aromatic rings. The van der Waals surface area contributed by atoms with E-state index in [1.807, 2.05) is 43.5 Å². The number of rotatable bonds is 9. The van der Waals surface area contributed by atoms with Gasteiger partial charge in [-0.1, -0.05) is 43.8 Å². The quantitative estimate of drug-likeness (QED) is 0.307. The molecule has 1 unspecified atom stereocenters. The average Bonchev–Trinajstić information content (AvgIpc) is 3.19. The number of ether oxygens (including phenoxy) is 1. The van der Waals surface area contributed by atoms with Crippen LogP contribution < -0.4 is 10.1 Å². The van der Waals surface area contributed by atoms with Crippen LogP contribution in [-0.4, -0.2) is 26.4 Å². The topological polar surface area (TPSA) is 69.0 Å². The largest absolute Gasteiger partial charge is 0.482 e. The Morgan fingerprint density at radius 2 is 1.88 bits per heavy atom. The molecule has 0 aliphatic carbocycles. The maximum Gasteiger partial charge on any atom is 0.234 e. The molecule has 0 spiro atoms. The van der Waals surface area contributed by atoms with Crippen molar-refractivity contribution in [3.05, 3.63) is 64.1 Å². The Morgan fingerprint density at radius 3 is 2.55 bits per heavy atom. The Labute approximate surface area is 206 Å². The third kappa shape index (κ3) is 6.35. The second kappa shape index (κ2) is 11.2. The summed E-state index contributed by atoms with van der Waals surface area (Å²) in [5.74, 6) is 1.41. The highest BCUT2D eigenvalue weighted by Gasteiger charge is 2.23. The molecule has 176 valence electrons. The van der Waals surface area contributed by atoms with Crippen LogP contribution in [0.4, 0.5) is 10.1 Å². The number of thioether (sulfide) groups is 1. The van der Waals surface area contributed by atoms with E-state index in [1.165, 1.54) is 30.0 Å². The number of hydrogen-bond donors (Lipinski definition) is 1. The first-order chi connectivity index (χ1) is 15.7. The van der Waals surface area contributed by atoms with Crippen LogP contribution in [0.1, 0.15) is 64.1 Å². The van der Waals surface area contributed by atoms with Gasteiger partial charge in [-0.05, 0) is 72.4 Å². The number of aromatic nitrogens is 3. The summed E-state index contributed by atoms with van der Waals surface area (Å²) in [5.41, 5.74) is 1.65. The second-order valence-corrected chi connectivity index (χ2v) is 10.0. The SMILES string of the molecule is CC(C)c1ccccc1OC(C)c1nnc(SCC(=O)Nc2ccc(F)cc2Br)n1C(C)C. The first-order valence-corrected chi connectivity index (χ1v) is 12.5. The zero-order chi connectivity index (χ0) is 24.1. The molecule has 0 aliphatic heterocycles. The number of para-hydroxylation sites is 1. The van der Waals surface area contributed by atoms with Crippen LogP contribution in [0.15, 0.2) is 52.1 Å². The highest BCUT2D eigenvalue weighted by Crippen LogP contribution is 2.32. The van der Waals surface area contributed by atoms with Gasteiger partial charge in [0.2, 0.25) is 5.91 Å². The molecule has 0 fully saturated rings. The summed E-state index contributed by atoms with van der Waals surface area (Å²) in [6.07, 6.45) is -0.321. The van der Waals surface area contributed by atoms with E-state index in [9.17, 15) is 9.18 Å². The Bertz CT molecular complexity index is 1120. The van der Waals surface area contributed by atoms with Crippen molar-refractivity contribution in [3.8, 4) is 5.75 Å². The molecule has 0 aliphatic rings. The minimum atomic E-state index is -0.376. The molecule has 1 heterocycles. The van der Waals surface area contributed by atoms with Crippen LogP contribution in [0.5, 0.6) is 5.75 Å². The monoisotopic (exact) mass is 534 g/mol.